The molecule has 0 spiro atoms. The molecule has 322 valence electrons. The van der Waals surface area contributed by atoms with E-state index in [9.17, 15) is 14.4 Å². The Labute approximate surface area is 348 Å². The zero-order chi connectivity index (χ0) is 41.6. The number of H-pyrrole nitrogens is 1. The van der Waals surface area contributed by atoms with Crippen molar-refractivity contribution in [1.29, 1.82) is 0 Å². The van der Waals surface area contributed by atoms with E-state index in [1.54, 1.807) is 10.9 Å². The van der Waals surface area contributed by atoms with Gasteiger partial charge in [0, 0.05) is 19.3 Å². The number of nitrogen functional groups attached to an aromatic ring is 1. The first kappa shape index (κ1) is 48.2. The highest BCUT2D eigenvalue weighted by Crippen LogP contribution is 2.42. The van der Waals surface area contributed by atoms with E-state index in [1.165, 1.54) is 51.4 Å². The first-order valence-electron chi connectivity index (χ1n) is 22.7. The van der Waals surface area contributed by atoms with Gasteiger partial charge in [-0.25, -0.2) is 4.98 Å². The molecule has 10 heteroatoms. The molecule has 0 unspecified atom stereocenters. The van der Waals surface area contributed by atoms with Crippen molar-refractivity contribution >= 4 is 29.1 Å². The first-order chi connectivity index (χ1) is 28.3. The number of fused-ring (bicyclic) bond motifs is 1. The Kier molecular flexibility index (Phi) is 24.8. The number of unbranched alkanes of at least 4 members (excludes halogenated alkanes) is 16. The minimum atomic E-state index is -0.538. The van der Waals surface area contributed by atoms with Gasteiger partial charge >= 0.3 is 11.9 Å². The summed E-state index contributed by atoms with van der Waals surface area (Å²) in [6, 6.07) is -0.363. The predicted octanol–water partition coefficient (Wildman–Crippen LogP) is 11.9. The number of hydrogen-bond donors (Lipinski definition) is 2. The molecule has 2 aromatic rings. The van der Waals surface area contributed by atoms with Crippen molar-refractivity contribution in [3.8, 4) is 0 Å². The van der Waals surface area contributed by atoms with Gasteiger partial charge in [-0.3, -0.25) is 19.4 Å². The number of aromatic nitrogens is 4. The lowest BCUT2D eigenvalue weighted by atomic mass is 10.0. The van der Waals surface area contributed by atoms with Crippen LogP contribution in [-0.4, -0.2) is 44.2 Å². The van der Waals surface area contributed by atoms with E-state index < -0.39 is 17.6 Å². The van der Waals surface area contributed by atoms with Crippen molar-refractivity contribution in [3.05, 3.63) is 77.4 Å². The van der Waals surface area contributed by atoms with Crippen molar-refractivity contribution in [2.45, 2.75) is 187 Å². The molecule has 10 nitrogen and oxygen atoms in total. The second kappa shape index (κ2) is 29.9. The Hall–Kier alpha value is -4.21. The topological polar surface area (TPSA) is 142 Å². The Bertz CT molecular complexity index is 1650. The summed E-state index contributed by atoms with van der Waals surface area (Å²) in [5, 5.41) is 0. The standard InChI is InChI=1S/C48H75N5O5/c1-4-6-8-10-12-14-16-18-20-22-24-26-28-30-32-34-43(54)57-37-40-39(3)41(53-38-50-45-46(53)51-48(49)52-47(45)56)36-42(40)58-44(55)35-33-31-29-27-25-23-21-19-17-15-13-11-9-7-5-2/h12-15,18-21,38,40-42H,3-11,16-17,22-37H2,1-2H3,(H3,49,51,52,56)/b14-12?,15-13-,20-18?,21-19-/t40-,41-,42-/m0/s1. The normalized spacial score (nSPS) is 17.3. The third-order valence-corrected chi connectivity index (χ3v) is 11.0. The van der Waals surface area contributed by atoms with Gasteiger partial charge in [0.05, 0.1) is 18.3 Å². The lowest BCUT2D eigenvalue weighted by Crippen LogP contribution is -2.27. The van der Waals surface area contributed by atoms with Crippen LogP contribution in [0.4, 0.5) is 5.95 Å². The van der Waals surface area contributed by atoms with E-state index >= 15 is 0 Å². The molecule has 0 radical (unpaired) electrons. The first-order valence-corrected chi connectivity index (χ1v) is 22.7. The molecule has 2 heterocycles. The molecule has 0 amide bonds. The Morgan fingerprint density at radius 1 is 0.759 bits per heavy atom. The molecule has 1 saturated carbocycles. The minimum absolute atomic E-state index is 0.0120. The third-order valence-electron chi connectivity index (χ3n) is 11.0. The Morgan fingerprint density at radius 3 is 1.81 bits per heavy atom. The van der Waals surface area contributed by atoms with Crippen LogP contribution in [0.25, 0.3) is 11.2 Å². The maximum absolute atomic E-state index is 13.1. The molecule has 1 aliphatic carbocycles. The van der Waals surface area contributed by atoms with Crippen LogP contribution in [0.3, 0.4) is 0 Å². The van der Waals surface area contributed by atoms with E-state index in [1.807, 2.05) is 0 Å². The number of ether oxygens (including phenoxy) is 2. The zero-order valence-corrected chi connectivity index (χ0v) is 36.0. The van der Waals surface area contributed by atoms with Gasteiger partial charge in [-0.2, -0.15) is 4.98 Å². The van der Waals surface area contributed by atoms with Crippen LogP contribution in [0.2, 0.25) is 0 Å². The molecule has 1 aliphatic rings. The Morgan fingerprint density at radius 2 is 1.26 bits per heavy atom. The summed E-state index contributed by atoms with van der Waals surface area (Å²) < 4.78 is 13.6. The summed E-state index contributed by atoms with van der Waals surface area (Å²) in [6.45, 7) is 8.89. The number of nitrogens with two attached hydrogens (primary N) is 1. The number of allylic oxidation sites excluding steroid dienone is 8. The van der Waals surface area contributed by atoms with Crippen LogP contribution in [0.15, 0.2) is 71.9 Å². The summed E-state index contributed by atoms with van der Waals surface area (Å²) in [5.74, 6) is -0.933. The number of nitrogens with zero attached hydrogens (tertiary/aromatic N) is 3. The largest absolute Gasteiger partial charge is 0.465 e. The maximum atomic E-state index is 13.1. The highest BCUT2D eigenvalue weighted by Gasteiger charge is 2.42. The fourth-order valence-electron chi connectivity index (χ4n) is 7.47. The van der Waals surface area contributed by atoms with Crippen molar-refractivity contribution in [1.82, 2.24) is 19.5 Å². The molecule has 3 N–H and O–H groups in total. The van der Waals surface area contributed by atoms with Crippen molar-refractivity contribution in [2.75, 3.05) is 12.3 Å². The van der Waals surface area contributed by atoms with Gasteiger partial charge in [0.25, 0.3) is 5.56 Å². The fourth-order valence-corrected chi connectivity index (χ4v) is 7.47. The molecular weight excluding hydrogens is 727 g/mol. The number of carbonyl (C=O) groups excluding carboxylic acids is 2. The number of anilines is 1. The second-order valence-corrected chi connectivity index (χ2v) is 15.9. The van der Waals surface area contributed by atoms with Gasteiger partial charge < -0.3 is 19.8 Å². The van der Waals surface area contributed by atoms with Crippen LogP contribution in [-0.2, 0) is 19.1 Å². The van der Waals surface area contributed by atoms with E-state index in [-0.39, 0.29) is 36.1 Å². The molecule has 0 aromatic carbocycles. The van der Waals surface area contributed by atoms with Gasteiger partial charge in [-0.15, -0.1) is 0 Å². The quantitative estimate of drug-likeness (QED) is 0.0423. The summed E-state index contributed by atoms with van der Waals surface area (Å²) in [5.41, 5.74) is 6.68. The van der Waals surface area contributed by atoms with E-state index in [0.717, 1.165) is 95.5 Å². The van der Waals surface area contributed by atoms with Crippen LogP contribution < -0.4 is 11.3 Å². The van der Waals surface area contributed by atoms with Crippen molar-refractivity contribution in [2.24, 2.45) is 5.92 Å². The van der Waals surface area contributed by atoms with Gasteiger partial charge in [0.2, 0.25) is 5.95 Å². The number of esters is 2. The predicted molar refractivity (Wildman–Crippen MR) is 238 cm³/mol. The molecule has 0 saturated heterocycles. The highest BCUT2D eigenvalue weighted by molar-refractivity contribution is 5.72. The van der Waals surface area contributed by atoms with Crippen molar-refractivity contribution in [3.63, 3.8) is 0 Å². The molecule has 3 atom stereocenters. The molecule has 0 bridgehead atoms. The average Bonchev–Trinajstić information content (AvgIpc) is 3.76. The molecule has 2 aromatic heterocycles. The van der Waals surface area contributed by atoms with Crippen LogP contribution in [0.1, 0.15) is 180 Å². The van der Waals surface area contributed by atoms with Gasteiger partial charge in [0.15, 0.2) is 11.2 Å². The van der Waals surface area contributed by atoms with Gasteiger partial charge in [-0.1, -0.05) is 133 Å². The lowest BCUT2D eigenvalue weighted by molar-refractivity contribution is -0.153. The average molecular weight is 802 g/mol. The van der Waals surface area contributed by atoms with Crippen LogP contribution in [0.5, 0.6) is 0 Å². The lowest BCUT2D eigenvalue weighted by Gasteiger charge is -2.20. The van der Waals surface area contributed by atoms with Crippen molar-refractivity contribution < 1.29 is 19.1 Å². The smallest absolute Gasteiger partial charge is 0.306 e. The van der Waals surface area contributed by atoms with Crippen LogP contribution in [0, 0.1) is 5.92 Å². The third kappa shape index (κ3) is 19.0. The monoisotopic (exact) mass is 802 g/mol. The molecule has 1 fully saturated rings. The number of rotatable bonds is 32. The Balaban J connectivity index is 1.39. The highest BCUT2D eigenvalue weighted by atomic mass is 16.6. The number of nitrogens with one attached hydrogen (secondary N) is 1. The maximum Gasteiger partial charge on any atom is 0.306 e. The van der Waals surface area contributed by atoms with Crippen LogP contribution >= 0.6 is 0 Å². The zero-order valence-electron chi connectivity index (χ0n) is 36.0. The summed E-state index contributed by atoms with van der Waals surface area (Å²) >= 11 is 0. The molecule has 58 heavy (non-hydrogen) atoms. The van der Waals surface area contributed by atoms with E-state index in [2.05, 4.69) is 84.0 Å². The minimum Gasteiger partial charge on any atom is -0.465 e. The van der Waals surface area contributed by atoms with E-state index in [4.69, 9.17) is 15.2 Å². The molecule has 0 aliphatic heterocycles. The van der Waals surface area contributed by atoms with Gasteiger partial charge in [0.1, 0.15) is 12.7 Å². The second-order valence-electron chi connectivity index (χ2n) is 15.9. The number of imidazole rings is 1. The summed E-state index contributed by atoms with van der Waals surface area (Å²) in [6.07, 6.45) is 44.8. The number of hydrogen-bond acceptors (Lipinski definition) is 8. The summed E-state index contributed by atoms with van der Waals surface area (Å²) in [4.78, 5) is 49.5. The molecular formula is C48H75N5O5. The summed E-state index contributed by atoms with van der Waals surface area (Å²) in [7, 11) is 0. The van der Waals surface area contributed by atoms with E-state index in [0.29, 0.717) is 24.9 Å². The number of aromatic amines is 1. The number of carbonyl (C=O) groups is 2. The van der Waals surface area contributed by atoms with Gasteiger partial charge in [-0.05, 0) is 82.6 Å². The fraction of sp³-hybridized carbons (Fsp3) is 0.646. The molecule has 3 rings (SSSR count). The SMILES string of the molecule is C=C1[C@H](COC(=O)CCCCCCCC=CCC=CCCCCC)[C@@H](OC(=O)CCCCCCC/C=C\C/C=C\CCCCC)C[C@@H]1n1cnc2c(=O)[nH]c(N)nc21.